The smallest absolute Gasteiger partial charge is 0.124 e. The highest BCUT2D eigenvalue weighted by atomic mass is 16.5. The van der Waals surface area contributed by atoms with E-state index in [0.29, 0.717) is 0 Å². The van der Waals surface area contributed by atoms with E-state index in [0.717, 1.165) is 27.9 Å². The van der Waals surface area contributed by atoms with Crippen molar-refractivity contribution in [1.82, 2.24) is 10.2 Å². The summed E-state index contributed by atoms with van der Waals surface area (Å²) in [5.41, 5.74) is 3.19. The molecular formula is C16H17N3O. The topological polar surface area (TPSA) is 49.9 Å². The lowest BCUT2D eigenvalue weighted by molar-refractivity contribution is 0.408. The minimum absolute atomic E-state index is 0.139. The average molecular weight is 267 g/mol. The number of ether oxygens (including phenoxy) is 1. The first-order valence-corrected chi connectivity index (χ1v) is 6.61. The van der Waals surface area contributed by atoms with E-state index in [2.05, 4.69) is 28.5 Å². The summed E-state index contributed by atoms with van der Waals surface area (Å²) < 4.78 is 5.42. The van der Waals surface area contributed by atoms with E-state index in [1.54, 1.807) is 7.11 Å². The van der Waals surface area contributed by atoms with Crippen molar-refractivity contribution in [1.29, 1.82) is 0 Å². The molecule has 0 fully saturated rings. The molecule has 0 aliphatic rings. The molecule has 0 radical (unpaired) electrons. The zero-order chi connectivity index (χ0) is 13.9. The Bertz CT molecular complexity index is 720. The van der Waals surface area contributed by atoms with Gasteiger partial charge in [-0.15, -0.1) is 0 Å². The molecule has 20 heavy (non-hydrogen) atoms. The average Bonchev–Trinajstić information content (AvgIpc) is 2.96. The lowest BCUT2D eigenvalue weighted by Crippen LogP contribution is -2.08. The number of aromatic nitrogens is 2. The molecule has 4 heteroatoms. The molecule has 1 atom stereocenters. The highest BCUT2D eigenvalue weighted by Crippen LogP contribution is 2.29. The highest BCUT2D eigenvalue weighted by molar-refractivity contribution is 5.90. The van der Waals surface area contributed by atoms with E-state index < -0.39 is 0 Å². The molecule has 3 aromatic rings. The number of aromatic amines is 1. The Morgan fingerprint density at radius 3 is 2.85 bits per heavy atom. The second-order valence-electron chi connectivity index (χ2n) is 4.75. The van der Waals surface area contributed by atoms with Crippen molar-refractivity contribution in [2.24, 2.45) is 0 Å². The summed E-state index contributed by atoms with van der Waals surface area (Å²) >= 11 is 0. The summed E-state index contributed by atoms with van der Waals surface area (Å²) in [6.45, 7) is 2.12. The summed E-state index contributed by atoms with van der Waals surface area (Å²) in [4.78, 5) is 0. The van der Waals surface area contributed by atoms with Crippen molar-refractivity contribution in [3.63, 3.8) is 0 Å². The molecule has 0 saturated heterocycles. The molecule has 1 aromatic heterocycles. The molecule has 3 rings (SSSR count). The summed E-state index contributed by atoms with van der Waals surface area (Å²) in [5, 5.41) is 11.7. The first-order valence-electron chi connectivity index (χ1n) is 6.61. The van der Waals surface area contributed by atoms with Crippen LogP contribution in [-0.2, 0) is 0 Å². The van der Waals surface area contributed by atoms with Gasteiger partial charge in [0.05, 0.1) is 30.6 Å². The van der Waals surface area contributed by atoms with Gasteiger partial charge < -0.3 is 10.1 Å². The number of fused-ring (bicyclic) bond motifs is 1. The molecule has 0 amide bonds. The van der Waals surface area contributed by atoms with Crippen molar-refractivity contribution in [2.75, 3.05) is 12.4 Å². The van der Waals surface area contributed by atoms with Gasteiger partial charge in [-0.1, -0.05) is 30.3 Å². The zero-order valence-corrected chi connectivity index (χ0v) is 11.6. The van der Waals surface area contributed by atoms with E-state index in [1.165, 1.54) is 0 Å². The number of hydrogen-bond donors (Lipinski definition) is 2. The van der Waals surface area contributed by atoms with Gasteiger partial charge in [0.25, 0.3) is 0 Å². The molecule has 0 aliphatic carbocycles. The number of para-hydroxylation sites is 2. The van der Waals surface area contributed by atoms with Gasteiger partial charge in [-0.2, -0.15) is 5.10 Å². The van der Waals surface area contributed by atoms with Crippen LogP contribution in [0.4, 0.5) is 5.69 Å². The Kier molecular flexibility index (Phi) is 3.29. The molecule has 0 spiro atoms. The molecule has 102 valence electrons. The Balaban J connectivity index is 1.92. The van der Waals surface area contributed by atoms with Crippen molar-refractivity contribution in [2.45, 2.75) is 13.0 Å². The molecule has 2 aromatic carbocycles. The van der Waals surface area contributed by atoms with Crippen LogP contribution in [0.5, 0.6) is 5.75 Å². The lowest BCUT2D eigenvalue weighted by Gasteiger charge is -2.18. The van der Waals surface area contributed by atoms with E-state index in [-0.39, 0.29) is 6.04 Å². The largest absolute Gasteiger partial charge is 0.496 e. The number of nitrogens with zero attached hydrogens (tertiary/aromatic N) is 1. The third-order valence-electron chi connectivity index (χ3n) is 3.45. The van der Waals surface area contributed by atoms with Crippen molar-refractivity contribution < 1.29 is 4.74 Å². The fourth-order valence-corrected chi connectivity index (χ4v) is 2.42. The highest BCUT2D eigenvalue weighted by Gasteiger charge is 2.12. The maximum Gasteiger partial charge on any atom is 0.124 e. The molecular weight excluding hydrogens is 250 g/mol. The van der Waals surface area contributed by atoms with Gasteiger partial charge in [0, 0.05) is 10.9 Å². The van der Waals surface area contributed by atoms with Crippen LogP contribution in [0.3, 0.4) is 0 Å². The molecule has 1 heterocycles. The quantitative estimate of drug-likeness (QED) is 0.757. The van der Waals surface area contributed by atoms with E-state index in [4.69, 9.17) is 4.74 Å². The normalized spacial score (nSPS) is 12.3. The van der Waals surface area contributed by atoms with E-state index in [1.807, 2.05) is 42.6 Å². The summed E-state index contributed by atoms with van der Waals surface area (Å²) in [5.74, 6) is 0.893. The van der Waals surface area contributed by atoms with Gasteiger partial charge in [0.1, 0.15) is 5.75 Å². The van der Waals surface area contributed by atoms with E-state index in [9.17, 15) is 0 Å². The summed E-state index contributed by atoms with van der Waals surface area (Å²) in [6.07, 6.45) is 1.83. The summed E-state index contributed by atoms with van der Waals surface area (Å²) in [6, 6.07) is 14.3. The second kappa shape index (κ2) is 5.25. The van der Waals surface area contributed by atoms with Gasteiger partial charge in [-0.25, -0.2) is 0 Å². The molecule has 0 aliphatic heterocycles. The number of H-pyrrole nitrogens is 1. The van der Waals surface area contributed by atoms with Crippen LogP contribution in [-0.4, -0.2) is 17.3 Å². The third-order valence-corrected chi connectivity index (χ3v) is 3.45. The monoisotopic (exact) mass is 267 g/mol. The van der Waals surface area contributed by atoms with Crippen molar-refractivity contribution >= 4 is 16.6 Å². The van der Waals surface area contributed by atoms with Crippen LogP contribution < -0.4 is 10.1 Å². The van der Waals surface area contributed by atoms with E-state index >= 15 is 0 Å². The standard InChI is InChI=1S/C16H17N3O/c1-11(13-7-3-4-9-15(13)20-2)18-14-8-5-6-12-10-17-19-16(12)14/h3-11,18H,1-2H3,(H,17,19). The zero-order valence-electron chi connectivity index (χ0n) is 11.6. The number of benzene rings is 2. The Hall–Kier alpha value is -2.49. The molecule has 2 N–H and O–H groups in total. The molecule has 1 unspecified atom stereocenters. The fraction of sp³-hybridized carbons (Fsp3) is 0.188. The first kappa shape index (κ1) is 12.5. The van der Waals surface area contributed by atoms with Gasteiger partial charge in [-0.05, 0) is 19.1 Å². The summed E-state index contributed by atoms with van der Waals surface area (Å²) in [7, 11) is 1.70. The number of methoxy groups -OCH3 is 1. The van der Waals surface area contributed by atoms with Crippen LogP contribution in [0.2, 0.25) is 0 Å². The fourth-order valence-electron chi connectivity index (χ4n) is 2.42. The van der Waals surface area contributed by atoms with Gasteiger partial charge in [0.15, 0.2) is 0 Å². The minimum atomic E-state index is 0.139. The maximum absolute atomic E-state index is 5.42. The SMILES string of the molecule is COc1ccccc1C(C)Nc1cccc2cn[nH]c12. The maximum atomic E-state index is 5.42. The third kappa shape index (κ3) is 2.20. The van der Waals surface area contributed by atoms with Gasteiger partial charge in [0.2, 0.25) is 0 Å². The van der Waals surface area contributed by atoms with Crippen LogP contribution in [0.1, 0.15) is 18.5 Å². The number of nitrogens with one attached hydrogen (secondary N) is 2. The predicted octanol–water partition coefficient (Wildman–Crippen LogP) is 3.74. The predicted molar refractivity (Wildman–Crippen MR) is 81.1 cm³/mol. The Morgan fingerprint density at radius 1 is 1.15 bits per heavy atom. The lowest BCUT2D eigenvalue weighted by atomic mass is 10.1. The number of hydrogen-bond acceptors (Lipinski definition) is 3. The molecule has 4 nitrogen and oxygen atoms in total. The van der Waals surface area contributed by atoms with Crippen LogP contribution >= 0.6 is 0 Å². The Labute approximate surface area is 117 Å². The molecule has 0 saturated carbocycles. The second-order valence-corrected chi connectivity index (χ2v) is 4.75. The number of rotatable bonds is 4. The van der Waals surface area contributed by atoms with Crippen LogP contribution in [0.15, 0.2) is 48.7 Å². The van der Waals surface area contributed by atoms with Crippen molar-refractivity contribution in [3.8, 4) is 5.75 Å². The van der Waals surface area contributed by atoms with Crippen LogP contribution in [0, 0.1) is 0 Å². The number of anilines is 1. The molecule has 0 bridgehead atoms. The minimum Gasteiger partial charge on any atom is -0.496 e. The Morgan fingerprint density at radius 2 is 2.00 bits per heavy atom. The van der Waals surface area contributed by atoms with Gasteiger partial charge >= 0.3 is 0 Å². The first-order chi connectivity index (χ1) is 9.79. The van der Waals surface area contributed by atoms with Gasteiger partial charge in [-0.3, -0.25) is 5.10 Å². The van der Waals surface area contributed by atoms with Crippen molar-refractivity contribution in [3.05, 3.63) is 54.2 Å². The van der Waals surface area contributed by atoms with Crippen LogP contribution in [0.25, 0.3) is 10.9 Å².